The third-order valence-corrected chi connectivity index (χ3v) is 8.16. The molecule has 6 aromatic rings. The lowest BCUT2D eigenvalue weighted by Gasteiger charge is -2.30. The van der Waals surface area contributed by atoms with Crippen molar-refractivity contribution in [2.75, 3.05) is 39.3 Å². The van der Waals surface area contributed by atoms with Gasteiger partial charge in [0, 0.05) is 43.9 Å². The standard InChI is InChI=1S/C15H15N7O.C12H14N6.C3H3NO2.ClH/c1-16-8-13(23)21-6-2-3-10(9-21)15-20-19-12-7-18-14-11(22(12)15)4-5-17-14;1-2-8(6-13-4-1)12-17-16-10-7-15-11-9(18(10)12)3-5-14-11;1-4-2-3(5)6;/h4-5,7,10,17H,2-3,6,8-9H2;3,5,7-8,13-14H,1-2,4,6H2;2H2,(H,5,6);1H/t10-;8-;;/m11../s1. The first-order valence-electron chi connectivity index (χ1n) is 15.2. The molecule has 2 fully saturated rings. The van der Waals surface area contributed by atoms with Gasteiger partial charge >= 0.3 is 18.4 Å². The molecule has 8 rings (SSSR count). The van der Waals surface area contributed by atoms with Crippen molar-refractivity contribution in [2.45, 2.75) is 37.5 Å². The first-order chi connectivity index (χ1) is 23.0. The van der Waals surface area contributed by atoms with Crippen molar-refractivity contribution < 1.29 is 14.7 Å². The molecular weight excluding hydrogens is 640 g/mol. The largest absolute Gasteiger partial charge is 0.476 e. The molecule has 0 unspecified atom stereocenters. The minimum atomic E-state index is -1.06. The Morgan fingerprint density at radius 1 is 0.854 bits per heavy atom. The Hall–Kier alpha value is -5.65. The van der Waals surface area contributed by atoms with Crippen LogP contribution < -0.4 is 5.32 Å². The van der Waals surface area contributed by atoms with E-state index in [0.717, 1.165) is 65.6 Å². The molecule has 4 N–H and O–H groups in total. The smallest absolute Gasteiger partial charge is 0.384 e. The summed E-state index contributed by atoms with van der Waals surface area (Å²) in [5.74, 6) is 1.29. The summed E-state index contributed by atoms with van der Waals surface area (Å²) in [6.07, 6.45) is 11.4. The number of carbonyl (C=O) groups is 2. The quantitative estimate of drug-likeness (QED) is 0.202. The number of piperidine rings is 2. The molecule has 6 aromatic heterocycles. The molecule has 0 aliphatic carbocycles. The second-order valence-corrected chi connectivity index (χ2v) is 11.2. The highest BCUT2D eigenvalue weighted by molar-refractivity contribution is 5.85. The predicted molar refractivity (Wildman–Crippen MR) is 176 cm³/mol. The number of hydrogen-bond donors (Lipinski definition) is 4. The fraction of sp³-hybridized carbons (Fsp3) is 0.400. The van der Waals surface area contributed by atoms with Gasteiger partial charge in [-0.2, -0.15) is 0 Å². The van der Waals surface area contributed by atoms with Crippen LogP contribution in [0.2, 0.25) is 0 Å². The molecule has 2 aliphatic rings. The SMILES string of the molecule is Cl.[C-]#[N+]CC(=O)N1CCC[C@@H](c2nnc3cnc4[nH]ccc4n23)C1.[C-]#[N+]CC(=O)O.c1cc2c(ncc3nnc([C@@H]4CCCNC4)n32)[nH]1. The number of nitrogens with zero attached hydrogens (tertiary/aromatic N) is 11. The first kappa shape index (κ1) is 33.7. The van der Waals surface area contributed by atoms with Gasteiger partial charge in [-0.3, -0.25) is 13.6 Å². The van der Waals surface area contributed by atoms with Crippen LogP contribution in [0, 0.1) is 13.1 Å². The van der Waals surface area contributed by atoms with E-state index in [0.29, 0.717) is 24.7 Å². The Labute approximate surface area is 279 Å². The predicted octanol–water partition coefficient (Wildman–Crippen LogP) is 2.72. The van der Waals surface area contributed by atoms with Crippen LogP contribution in [0.25, 0.3) is 43.3 Å². The fourth-order valence-corrected chi connectivity index (χ4v) is 6.05. The van der Waals surface area contributed by atoms with Crippen molar-refractivity contribution >= 4 is 57.9 Å². The molecular formula is C30H33ClN14O3. The maximum atomic E-state index is 12.0. The van der Waals surface area contributed by atoms with Crippen LogP contribution in [0.4, 0.5) is 0 Å². The van der Waals surface area contributed by atoms with E-state index in [1.807, 2.05) is 28.9 Å². The van der Waals surface area contributed by atoms with Crippen LogP contribution in [-0.2, 0) is 9.59 Å². The Bertz CT molecular complexity index is 2110. The highest BCUT2D eigenvalue weighted by Gasteiger charge is 2.29. The number of hydrogen-bond acceptors (Lipinski definition) is 9. The highest BCUT2D eigenvalue weighted by Crippen LogP contribution is 2.28. The van der Waals surface area contributed by atoms with E-state index in [9.17, 15) is 9.59 Å². The summed E-state index contributed by atoms with van der Waals surface area (Å²) in [6, 6.07) is 3.98. The first-order valence-corrected chi connectivity index (χ1v) is 15.2. The summed E-state index contributed by atoms with van der Waals surface area (Å²) in [5, 5.41) is 28.3. The van der Waals surface area contributed by atoms with Crippen molar-refractivity contribution in [2.24, 2.45) is 0 Å². The second-order valence-electron chi connectivity index (χ2n) is 11.2. The Balaban J connectivity index is 0.000000161. The third kappa shape index (κ3) is 7.02. The van der Waals surface area contributed by atoms with Crippen LogP contribution in [0.3, 0.4) is 0 Å². The summed E-state index contributed by atoms with van der Waals surface area (Å²) in [7, 11) is 0. The molecule has 48 heavy (non-hydrogen) atoms. The van der Waals surface area contributed by atoms with Crippen LogP contribution in [-0.4, -0.2) is 110 Å². The monoisotopic (exact) mass is 672 g/mol. The van der Waals surface area contributed by atoms with Gasteiger partial charge in [-0.05, 0) is 44.4 Å². The second kappa shape index (κ2) is 15.3. The zero-order valence-electron chi connectivity index (χ0n) is 25.8. The number of aromatic amines is 2. The van der Waals surface area contributed by atoms with Gasteiger partial charge in [0.05, 0.1) is 23.4 Å². The zero-order chi connectivity index (χ0) is 32.8. The molecule has 0 aromatic carbocycles. The number of fused-ring (bicyclic) bond motifs is 6. The average Bonchev–Trinajstić information content (AvgIpc) is 3.90. The number of aliphatic carboxylic acids is 1. The van der Waals surface area contributed by atoms with Crippen LogP contribution in [0.5, 0.6) is 0 Å². The number of likely N-dealkylation sites (tertiary alicyclic amines) is 1. The van der Waals surface area contributed by atoms with E-state index in [4.69, 9.17) is 18.3 Å². The third-order valence-electron chi connectivity index (χ3n) is 8.16. The summed E-state index contributed by atoms with van der Waals surface area (Å²) >= 11 is 0. The molecule has 0 spiro atoms. The molecule has 8 heterocycles. The number of H-pyrrole nitrogens is 2. The molecule has 2 aliphatic heterocycles. The Morgan fingerprint density at radius 3 is 1.96 bits per heavy atom. The number of amides is 1. The molecule has 0 radical (unpaired) electrons. The van der Waals surface area contributed by atoms with Gasteiger partial charge in [-0.15, -0.1) is 32.8 Å². The average molecular weight is 673 g/mol. The number of carboxylic acid groups (broad SMARTS) is 1. The molecule has 18 heteroatoms. The number of carboxylic acids is 1. The van der Waals surface area contributed by atoms with Crippen molar-refractivity contribution in [1.29, 1.82) is 0 Å². The lowest BCUT2D eigenvalue weighted by Crippen LogP contribution is -2.40. The van der Waals surface area contributed by atoms with Crippen LogP contribution in [0.15, 0.2) is 36.9 Å². The lowest BCUT2D eigenvalue weighted by atomic mass is 9.97. The molecule has 17 nitrogen and oxygen atoms in total. The van der Waals surface area contributed by atoms with E-state index in [-0.39, 0.29) is 30.8 Å². The summed E-state index contributed by atoms with van der Waals surface area (Å²) in [6.45, 7) is 15.7. The molecule has 1 amide bonds. The summed E-state index contributed by atoms with van der Waals surface area (Å²) in [5.41, 5.74) is 5.19. The number of nitrogens with one attached hydrogen (secondary N) is 3. The number of rotatable bonds is 4. The Kier molecular flexibility index (Phi) is 10.7. The van der Waals surface area contributed by atoms with Crippen LogP contribution >= 0.6 is 12.4 Å². The topological polar surface area (TPSA) is 196 Å². The number of carbonyl (C=O) groups excluding carboxylic acids is 1. The van der Waals surface area contributed by atoms with E-state index < -0.39 is 12.5 Å². The number of halogens is 1. The van der Waals surface area contributed by atoms with Crippen molar-refractivity contribution in [3.63, 3.8) is 0 Å². The van der Waals surface area contributed by atoms with Gasteiger partial charge in [0.15, 0.2) is 22.6 Å². The zero-order valence-corrected chi connectivity index (χ0v) is 26.6. The van der Waals surface area contributed by atoms with Crippen molar-refractivity contribution in [3.8, 4) is 0 Å². The molecule has 2 atom stereocenters. The minimum Gasteiger partial charge on any atom is -0.476 e. The van der Waals surface area contributed by atoms with Gasteiger partial charge in [-0.25, -0.2) is 27.9 Å². The van der Waals surface area contributed by atoms with Gasteiger partial charge in [0.1, 0.15) is 11.6 Å². The van der Waals surface area contributed by atoms with Gasteiger partial charge < -0.3 is 35.0 Å². The van der Waals surface area contributed by atoms with E-state index >= 15 is 0 Å². The maximum Gasteiger partial charge on any atom is 0.384 e. The molecule has 248 valence electrons. The maximum absolute atomic E-state index is 12.0. The molecule has 0 saturated carbocycles. The fourth-order valence-electron chi connectivity index (χ4n) is 6.05. The van der Waals surface area contributed by atoms with Crippen molar-refractivity contribution in [1.82, 2.24) is 59.3 Å². The van der Waals surface area contributed by atoms with Gasteiger partial charge in [0.2, 0.25) is 0 Å². The lowest BCUT2D eigenvalue weighted by molar-refractivity contribution is -0.134. The summed E-state index contributed by atoms with van der Waals surface area (Å²) < 4.78 is 4.13. The number of aromatic nitrogens is 10. The van der Waals surface area contributed by atoms with E-state index in [2.05, 4.69) is 59.7 Å². The normalized spacial score (nSPS) is 17.4. The molecule has 2 saturated heterocycles. The van der Waals surface area contributed by atoms with Gasteiger partial charge in [0.25, 0.3) is 6.54 Å². The summed E-state index contributed by atoms with van der Waals surface area (Å²) in [4.78, 5) is 43.8. The van der Waals surface area contributed by atoms with E-state index in [1.165, 1.54) is 12.8 Å². The van der Waals surface area contributed by atoms with E-state index in [1.54, 1.807) is 17.3 Å². The van der Waals surface area contributed by atoms with Crippen LogP contribution in [0.1, 0.15) is 49.2 Å². The van der Waals surface area contributed by atoms with Crippen molar-refractivity contribution in [3.05, 3.63) is 71.4 Å². The highest BCUT2D eigenvalue weighted by atomic mass is 35.5. The van der Waals surface area contributed by atoms with Gasteiger partial charge in [-0.1, -0.05) is 0 Å². The molecule has 0 bridgehead atoms. The Morgan fingerprint density at radius 2 is 1.44 bits per heavy atom. The minimum absolute atomic E-state index is 0.